The fourth-order valence-corrected chi connectivity index (χ4v) is 7.55. The van der Waals surface area contributed by atoms with Crippen LogP contribution < -0.4 is 5.32 Å². The first-order valence-electron chi connectivity index (χ1n) is 17.7. The topological polar surface area (TPSA) is 137 Å². The van der Waals surface area contributed by atoms with Crippen LogP contribution in [0, 0.1) is 5.92 Å². The largest absolute Gasteiger partial charge is 0.392 e. The van der Waals surface area contributed by atoms with Crippen molar-refractivity contribution in [1.82, 2.24) is 35.5 Å². The molecule has 1 amide bonds. The van der Waals surface area contributed by atoms with Crippen molar-refractivity contribution in [2.75, 3.05) is 5.75 Å². The molecule has 8 rings (SSSR count). The van der Waals surface area contributed by atoms with E-state index in [1.807, 2.05) is 109 Å². The molecule has 1 fully saturated rings. The molecular weight excluding hydrogens is 699 g/mol. The Balaban J connectivity index is 0.978. The number of aromatic nitrogens is 6. The van der Waals surface area contributed by atoms with Crippen molar-refractivity contribution in [1.29, 1.82) is 0 Å². The lowest BCUT2D eigenvalue weighted by Gasteiger charge is -2.41. The molecule has 2 aromatic heterocycles. The third kappa shape index (κ3) is 7.78. The lowest BCUT2D eigenvalue weighted by molar-refractivity contribution is -0.268. The van der Waals surface area contributed by atoms with E-state index in [0.29, 0.717) is 23.0 Å². The van der Waals surface area contributed by atoms with Gasteiger partial charge in [0.25, 0.3) is 5.91 Å². The molecule has 0 saturated carbocycles. The zero-order valence-electron chi connectivity index (χ0n) is 29.4. The van der Waals surface area contributed by atoms with E-state index in [-0.39, 0.29) is 36.3 Å². The fourth-order valence-electron chi connectivity index (χ4n) is 6.50. The molecule has 0 aliphatic carbocycles. The minimum absolute atomic E-state index is 0.00515. The number of rotatable bonds is 11. The lowest BCUT2D eigenvalue weighted by Crippen LogP contribution is -2.38. The Morgan fingerprint density at radius 3 is 2.37 bits per heavy atom. The van der Waals surface area contributed by atoms with E-state index in [0.717, 1.165) is 44.6 Å². The van der Waals surface area contributed by atoms with Crippen molar-refractivity contribution in [2.45, 2.75) is 43.7 Å². The fraction of sp³-hybridized carbons (Fsp3) is 0.190. The second-order valence-electron chi connectivity index (χ2n) is 13.1. The zero-order valence-corrected chi connectivity index (χ0v) is 30.2. The van der Waals surface area contributed by atoms with Crippen LogP contribution in [-0.4, -0.2) is 53.0 Å². The first-order chi connectivity index (χ1) is 26.5. The summed E-state index contributed by atoms with van der Waals surface area (Å²) in [5.74, 6) is 0.332. The van der Waals surface area contributed by atoms with Gasteiger partial charge in [-0.15, -0.1) is 5.10 Å². The number of amides is 1. The van der Waals surface area contributed by atoms with Gasteiger partial charge in [-0.2, -0.15) is 4.68 Å². The van der Waals surface area contributed by atoms with Crippen LogP contribution in [0.5, 0.6) is 0 Å². The van der Waals surface area contributed by atoms with Crippen molar-refractivity contribution in [3.63, 3.8) is 0 Å². The van der Waals surface area contributed by atoms with E-state index < -0.39 is 6.29 Å². The molecule has 7 aromatic rings. The number of para-hydroxylation sites is 3. The molecule has 1 aliphatic rings. The van der Waals surface area contributed by atoms with E-state index in [1.54, 1.807) is 16.4 Å². The summed E-state index contributed by atoms with van der Waals surface area (Å²) in [6.07, 6.45) is 0.444. The summed E-state index contributed by atoms with van der Waals surface area (Å²) < 4.78 is 15.1. The molecule has 4 atom stereocenters. The zero-order chi connectivity index (χ0) is 36.9. The summed E-state index contributed by atoms with van der Waals surface area (Å²) in [5, 5.41) is 25.7. The van der Waals surface area contributed by atoms with Gasteiger partial charge < -0.3 is 19.9 Å². The molecule has 11 nitrogen and oxygen atoms in total. The average molecular weight is 736 g/mol. The average Bonchev–Trinajstić information content (AvgIpc) is 3.71. The number of hydrogen-bond donors (Lipinski definition) is 2. The molecule has 1 aliphatic heterocycles. The van der Waals surface area contributed by atoms with Crippen molar-refractivity contribution < 1.29 is 19.4 Å². The minimum Gasteiger partial charge on any atom is -0.392 e. The highest BCUT2D eigenvalue weighted by Gasteiger charge is 2.38. The molecule has 2 N–H and O–H groups in total. The van der Waals surface area contributed by atoms with Crippen LogP contribution in [0.15, 0.2) is 139 Å². The summed E-state index contributed by atoms with van der Waals surface area (Å²) in [7, 11) is 0. The van der Waals surface area contributed by atoms with E-state index in [1.165, 1.54) is 6.20 Å². The van der Waals surface area contributed by atoms with E-state index in [4.69, 9.17) is 9.47 Å². The van der Waals surface area contributed by atoms with Gasteiger partial charge in [-0.1, -0.05) is 116 Å². The number of carbonyl (C=O) groups excluding carboxylic acids is 1. The number of ether oxygens (including phenoxy) is 2. The SMILES string of the molecule is C[C@H]1[C@@H](CSc2nnnn2-c2ccccc2)O[C@@H](c2ccc(-c3cccc(CNC(=O)c4cnc5ccccc5n4)c3)cc2)O[C@H]1c1ccc(CO)cc1. The molecular formula is C42H37N7O4S. The summed E-state index contributed by atoms with van der Waals surface area (Å²) in [6.45, 7) is 2.46. The third-order valence-corrected chi connectivity index (χ3v) is 10.5. The number of fused-ring (bicyclic) bond motifs is 1. The third-order valence-electron chi connectivity index (χ3n) is 9.52. The Morgan fingerprint density at radius 2 is 1.57 bits per heavy atom. The van der Waals surface area contributed by atoms with Crippen molar-refractivity contribution in [3.8, 4) is 16.8 Å². The molecule has 0 bridgehead atoms. The quantitative estimate of drug-likeness (QED) is 0.131. The first-order valence-corrected chi connectivity index (χ1v) is 18.7. The molecule has 5 aromatic carbocycles. The van der Waals surface area contributed by atoms with Gasteiger partial charge in [-0.05, 0) is 68.6 Å². The molecule has 0 radical (unpaired) electrons. The second kappa shape index (κ2) is 16.1. The molecule has 0 unspecified atom stereocenters. The van der Waals surface area contributed by atoms with Crippen molar-refractivity contribution in [2.24, 2.45) is 5.92 Å². The number of hydrogen-bond acceptors (Lipinski definition) is 10. The maximum atomic E-state index is 12.9. The van der Waals surface area contributed by atoms with Crippen LogP contribution >= 0.6 is 11.8 Å². The number of thioether (sulfide) groups is 1. The normalized spacial score (nSPS) is 18.4. The lowest BCUT2D eigenvalue weighted by atomic mass is 9.91. The summed E-state index contributed by atoms with van der Waals surface area (Å²) in [4.78, 5) is 21.7. The van der Waals surface area contributed by atoms with Gasteiger partial charge in [0.1, 0.15) is 5.69 Å². The number of benzene rings is 5. The Morgan fingerprint density at radius 1 is 0.815 bits per heavy atom. The summed E-state index contributed by atoms with van der Waals surface area (Å²) in [5.41, 5.74) is 8.34. The number of nitrogens with one attached hydrogen (secondary N) is 1. The molecule has 12 heteroatoms. The number of nitrogens with zero attached hydrogens (tertiary/aromatic N) is 6. The van der Waals surface area contributed by atoms with Crippen molar-refractivity contribution in [3.05, 3.63) is 162 Å². The van der Waals surface area contributed by atoms with Crippen molar-refractivity contribution >= 4 is 28.7 Å². The monoisotopic (exact) mass is 735 g/mol. The summed E-state index contributed by atoms with van der Waals surface area (Å²) in [6, 6.07) is 41.5. The minimum atomic E-state index is -0.617. The molecule has 3 heterocycles. The van der Waals surface area contributed by atoms with E-state index >= 15 is 0 Å². The van der Waals surface area contributed by atoms with Gasteiger partial charge in [0.05, 0.1) is 41.7 Å². The second-order valence-corrected chi connectivity index (χ2v) is 14.1. The van der Waals surface area contributed by atoms with E-state index in [9.17, 15) is 9.90 Å². The van der Waals surface area contributed by atoms with Crippen LogP contribution in [0.2, 0.25) is 0 Å². The van der Waals surface area contributed by atoms with Gasteiger partial charge in [-0.3, -0.25) is 9.78 Å². The number of aliphatic hydroxyl groups is 1. The van der Waals surface area contributed by atoms with Crippen LogP contribution in [-0.2, 0) is 22.6 Å². The number of carbonyl (C=O) groups is 1. The molecule has 1 saturated heterocycles. The Kier molecular flexibility index (Phi) is 10.5. The highest BCUT2D eigenvalue weighted by Crippen LogP contribution is 2.43. The Labute approximate surface area is 316 Å². The van der Waals surface area contributed by atoms with Gasteiger partial charge in [0, 0.05) is 23.8 Å². The maximum Gasteiger partial charge on any atom is 0.271 e. The smallest absolute Gasteiger partial charge is 0.271 e. The van der Waals surface area contributed by atoms with Gasteiger partial charge in [0.2, 0.25) is 5.16 Å². The maximum absolute atomic E-state index is 12.9. The van der Waals surface area contributed by atoms with Gasteiger partial charge in [-0.25, -0.2) is 4.98 Å². The van der Waals surface area contributed by atoms with Crippen LogP contribution in [0.1, 0.15) is 52.1 Å². The number of aliphatic hydroxyl groups excluding tert-OH is 1. The molecule has 270 valence electrons. The predicted molar refractivity (Wildman–Crippen MR) is 205 cm³/mol. The first kappa shape index (κ1) is 35.3. The van der Waals surface area contributed by atoms with Crippen LogP contribution in [0.4, 0.5) is 0 Å². The highest BCUT2D eigenvalue weighted by molar-refractivity contribution is 7.99. The van der Waals surface area contributed by atoms with Gasteiger partial charge in [0.15, 0.2) is 6.29 Å². The highest BCUT2D eigenvalue weighted by atomic mass is 32.2. The van der Waals surface area contributed by atoms with Crippen LogP contribution in [0.3, 0.4) is 0 Å². The molecule has 54 heavy (non-hydrogen) atoms. The molecule has 0 spiro atoms. The Bertz CT molecular complexity index is 2360. The summed E-state index contributed by atoms with van der Waals surface area (Å²) >= 11 is 1.55. The van der Waals surface area contributed by atoms with E-state index in [2.05, 4.69) is 55.9 Å². The predicted octanol–water partition coefficient (Wildman–Crippen LogP) is 7.28. The number of tetrazole rings is 1. The Hall–Kier alpha value is -5.79. The standard InChI is InChI=1S/C42H37N7O4S/c1-27-38(26-54-42-46-47-48-49(42)34-10-3-2-4-11-34)52-41(53-39(27)31-16-14-28(25-50)15-17-31)32-20-18-30(19-21-32)33-9-7-8-29(22-33)23-44-40(51)37-24-43-35-12-5-6-13-36(35)45-37/h2-22,24,27,38-39,41,50H,23,25-26H2,1H3,(H,44,51)/t27-,38+,39+,41+/m0/s1. The van der Waals surface area contributed by atoms with Gasteiger partial charge >= 0.3 is 0 Å². The van der Waals surface area contributed by atoms with Crippen LogP contribution in [0.25, 0.3) is 27.8 Å².